The van der Waals surface area contributed by atoms with E-state index in [1.54, 1.807) is 24.3 Å². The predicted molar refractivity (Wildman–Crippen MR) is 182 cm³/mol. The molecule has 0 aromatic heterocycles. The van der Waals surface area contributed by atoms with Crippen LogP contribution < -0.4 is 9.92 Å². The molecule has 0 bridgehead atoms. The van der Waals surface area contributed by atoms with Gasteiger partial charge in [0.2, 0.25) is 0 Å². The first-order valence-electron chi connectivity index (χ1n) is 15.6. The molecule has 9 heteroatoms. The van der Waals surface area contributed by atoms with E-state index in [0.29, 0.717) is 5.56 Å². The van der Waals surface area contributed by atoms with Crippen molar-refractivity contribution in [1.29, 1.82) is 0 Å². The van der Waals surface area contributed by atoms with Crippen LogP contribution in [0.1, 0.15) is 46.1 Å². The van der Waals surface area contributed by atoms with E-state index in [-0.39, 0.29) is 36.2 Å². The zero-order valence-electron chi connectivity index (χ0n) is 26.3. The molecule has 0 saturated heterocycles. The molecule has 2 N–H and O–H groups in total. The van der Waals surface area contributed by atoms with E-state index in [4.69, 9.17) is 19.4 Å². The largest absolute Gasteiger partial charge is 0.464 e. The number of esters is 2. The number of fused-ring (bicyclic) bond motifs is 3. The van der Waals surface area contributed by atoms with Crippen molar-refractivity contribution >= 4 is 22.1 Å². The molecule has 2 unspecified atom stereocenters. The van der Waals surface area contributed by atoms with Crippen LogP contribution in [0.4, 0.5) is 0 Å². The van der Waals surface area contributed by atoms with Crippen LogP contribution in [0.3, 0.4) is 0 Å². The van der Waals surface area contributed by atoms with Crippen LogP contribution >= 0.6 is 0 Å². The third-order valence-electron chi connectivity index (χ3n) is 8.51. The van der Waals surface area contributed by atoms with Crippen LogP contribution in [-0.2, 0) is 35.8 Å². The molecule has 1 aliphatic carbocycles. The fourth-order valence-corrected chi connectivity index (χ4v) is 6.87. The molecule has 0 saturated carbocycles. The summed E-state index contributed by atoms with van der Waals surface area (Å²) in [5, 5.41) is 0. The summed E-state index contributed by atoms with van der Waals surface area (Å²) in [6, 6.07) is 36.5. The molecule has 0 fully saturated rings. The van der Waals surface area contributed by atoms with Crippen LogP contribution in [-0.4, -0.2) is 33.0 Å². The quantitative estimate of drug-likeness (QED) is 0.116. The molecular formula is C39H35NO7S. The minimum Gasteiger partial charge on any atom is -0.464 e. The minimum atomic E-state index is -4.08. The van der Waals surface area contributed by atoms with Gasteiger partial charge < -0.3 is 19.4 Å². The monoisotopic (exact) mass is 661 g/mol. The first-order chi connectivity index (χ1) is 23.2. The summed E-state index contributed by atoms with van der Waals surface area (Å²) in [6.07, 6.45) is -0.208. The van der Waals surface area contributed by atoms with Gasteiger partial charge in [0.25, 0.3) is 0 Å². The molecule has 0 amide bonds. The van der Waals surface area contributed by atoms with Gasteiger partial charge >= 0.3 is 22.1 Å². The van der Waals surface area contributed by atoms with E-state index in [1.807, 2.05) is 73.7 Å². The van der Waals surface area contributed by atoms with E-state index in [9.17, 15) is 18.0 Å². The van der Waals surface area contributed by atoms with Crippen molar-refractivity contribution in [2.75, 3.05) is 6.61 Å². The highest BCUT2D eigenvalue weighted by molar-refractivity contribution is 7.87. The fourth-order valence-electron chi connectivity index (χ4n) is 5.94. The molecule has 1 aliphatic rings. The maximum atomic E-state index is 13.5. The summed E-state index contributed by atoms with van der Waals surface area (Å²) in [5.41, 5.74) is 13.1. The van der Waals surface area contributed by atoms with Gasteiger partial charge in [-0.2, -0.15) is 8.42 Å². The SMILES string of the molecule is Cc1ccc(S(=O)(=O)Oc2ccc(C(CC(=O)OCc3ccccc3)C(N)C(=O)OCC3c4ccccc4-c4ccccc43)cc2)cc1. The van der Waals surface area contributed by atoms with Crippen molar-refractivity contribution in [1.82, 2.24) is 0 Å². The molecule has 5 aromatic carbocycles. The second kappa shape index (κ2) is 14.3. The Balaban J connectivity index is 1.19. The van der Waals surface area contributed by atoms with Crippen LogP contribution in [0.5, 0.6) is 5.75 Å². The van der Waals surface area contributed by atoms with E-state index in [1.165, 1.54) is 24.3 Å². The van der Waals surface area contributed by atoms with E-state index >= 15 is 0 Å². The summed E-state index contributed by atoms with van der Waals surface area (Å²) < 4.78 is 42.4. The third kappa shape index (κ3) is 7.33. The number of nitrogens with two attached hydrogens (primary N) is 1. The third-order valence-corrected chi connectivity index (χ3v) is 9.77. The molecule has 48 heavy (non-hydrogen) atoms. The van der Waals surface area contributed by atoms with Crippen molar-refractivity contribution in [2.24, 2.45) is 5.73 Å². The van der Waals surface area contributed by atoms with Gasteiger partial charge in [0.1, 0.15) is 29.9 Å². The van der Waals surface area contributed by atoms with Gasteiger partial charge in [-0.1, -0.05) is 109 Å². The summed E-state index contributed by atoms with van der Waals surface area (Å²) in [4.78, 5) is 26.6. The van der Waals surface area contributed by atoms with E-state index in [2.05, 4.69) is 12.1 Å². The number of aryl methyl sites for hydroxylation is 1. The zero-order valence-corrected chi connectivity index (χ0v) is 27.1. The Labute approximate surface area is 280 Å². The van der Waals surface area contributed by atoms with Crippen LogP contribution in [0.2, 0.25) is 0 Å². The smallest absolute Gasteiger partial charge is 0.339 e. The second-order valence-electron chi connectivity index (χ2n) is 11.8. The average Bonchev–Trinajstić information content (AvgIpc) is 3.42. The topological polar surface area (TPSA) is 122 Å². The number of ether oxygens (including phenoxy) is 2. The lowest BCUT2D eigenvalue weighted by atomic mass is 9.88. The summed E-state index contributed by atoms with van der Waals surface area (Å²) in [7, 11) is -4.08. The van der Waals surface area contributed by atoms with Crippen LogP contribution in [0.25, 0.3) is 11.1 Å². The van der Waals surface area contributed by atoms with Gasteiger partial charge in [0.15, 0.2) is 0 Å². The second-order valence-corrected chi connectivity index (χ2v) is 13.3. The Morgan fingerprint density at radius 2 is 1.31 bits per heavy atom. The number of carbonyl (C=O) groups is 2. The van der Waals surface area contributed by atoms with E-state index < -0.39 is 34.0 Å². The van der Waals surface area contributed by atoms with Gasteiger partial charge in [-0.15, -0.1) is 0 Å². The highest BCUT2D eigenvalue weighted by atomic mass is 32.2. The molecule has 244 valence electrons. The first kappa shape index (κ1) is 32.7. The summed E-state index contributed by atoms with van der Waals surface area (Å²) in [6.45, 7) is 2.00. The van der Waals surface area contributed by atoms with E-state index in [0.717, 1.165) is 33.4 Å². The molecular weight excluding hydrogens is 626 g/mol. The number of carbonyl (C=O) groups excluding carboxylic acids is 2. The molecule has 0 heterocycles. The number of benzene rings is 5. The number of rotatable bonds is 12. The fraction of sp³-hybridized carbons (Fsp3) is 0.179. The molecule has 0 radical (unpaired) electrons. The average molecular weight is 662 g/mol. The highest BCUT2D eigenvalue weighted by Crippen LogP contribution is 2.44. The van der Waals surface area contributed by atoms with Crippen molar-refractivity contribution < 1.29 is 31.7 Å². The van der Waals surface area contributed by atoms with Crippen molar-refractivity contribution in [3.05, 3.63) is 155 Å². The lowest BCUT2D eigenvalue weighted by Crippen LogP contribution is -2.39. The molecule has 0 aliphatic heterocycles. The summed E-state index contributed by atoms with van der Waals surface area (Å²) >= 11 is 0. The van der Waals surface area contributed by atoms with Gasteiger partial charge in [-0.3, -0.25) is 9.59 Å². The Bertz CT molecular complexity index is 1960. The minimum absolute atomic E-state index is 0.0218. The molecule has 5 aromatic rings. The molecule has 8 nitrogen and oxygen atoms in total. The van der Waals surface area contributed by atoms with Crippen molar-refractivity contribution in [2.45, 2.75) is 42.7 Å². The molecule has 0 spiro atoms. The Hall–Kier alpha value is -5.25. The zero-order chi connectivity index (χ0) is 33.7. The van der Waals surface area contributed by atoms with Crippen LogP contribution in [0.15, 0.2) is 132 Å². The standard InChI is InChI=1S/C39H35NO7S/c1-26-15-21-30(22-16-26)48(43,44)47-29-19-17-28(18-20-29)35(23-37(41)45-24-27-9-3-2-4-10-27)38(40)39(42)46-25-36-33-13-7-5-11-31(33)32-12-6-8-14-34(32)36/h2-22,35-36,38H,23-25,40H2,1H3. The van der Waals surface area contributed by atoms with Gasteiger partial charge in [-0.25, -0.2) is 0 Å². The van der Waals surface area contributed by atoms with Gasteiger partial charge in [-0.05, 0) is 64.6 Å². The maximum Gasteiger partial charge on any atom is 0.339 e. The normalized spacial score (nSPS) is 13.5. The van der Waals surface area contributed by atoms with Gasteiger partial charge in [0, 0.05) is 11.8 Å². The van der Waals surface area contributed by atoms with Crippen molar-refractivity contribution in [3.63, 3.8) is 0 Å². The Morgan fingerprint density at radius 3 is 1.94 bits per heavy atom. The molecule has 6 rings (SSSR count). The highest BCUT2D eigenvalue weighted by Gasteiger charge is 2.33. The lowest BCUT2D eigenvalue weighted by Gasteiger charge is -2.24. The molecule has 2 atom stereocenters. The Morgan fingerprint density at radius 1 is 0.729 bits per heavy atom. The predicted octanol–water partition coefficient (Wildman–Crippen LogP) is 6.66. The summed E-state index contributed by atoms with van der Waals surface area (Å²) in [5.74, 6) is -2.13. The van der Waals surface area contributed by atoms with Gasteiger partial charge in [0.05, 0.1) is 6.42 Å². The van der Waals surface area contributed by atoms with Crippen LogP contribution in [0, 0.1) is 6.92 Å². The Kier molecular flexibility index (Phi) is 9.70. The number of hydrogen-bond acceptors (Lipinski definition) is 8. The number of hydrogen-bond donors (Lipinski definition) is 1. The first-order valence-corrected chi connectivity index (χ1v) is 17.0. The van der Waals surface area contributed by atoms with Crippen molar-refractivity contribution in [3.8, 4) is 16.9 Å². The maximum absolute atomic E-state index is 13.5. The lowest BCUT2D eigenvalue weighted by molar-refractivity contribution is -0.148.